The predicted octanol–water partition coefficient (Wildman–Crippen LogP) is 3.81. The van der Waals surface area contributed by atoms with Crippen molar-refractivity contribution >= 4 is 22.8 Å². The topological polar surface area (TPSA) is 118 Å². The lowest BCUT2D eigenvalue weighted by atomic mass is 10.1. The summed E-state index contributed by atoms with van der Waals surface area (Å²) in [5.74, 6) is -1.09. The van der Waals surface area contributed by atoms with E-state index >= 15 is 0 Å². The third kappa shape index (κ3) is 5.27. The maximum absolute atomic E-state index is 14.1. The number of carbonyl (C=O) groups excluding carboxylic acids is 2. The molecule has 0 saturated carbocycles. The lowest BCUT2D eigenvalue weighted by Gasteiger charge is -2.17. The van der Waals surface area contributed by atoms with E-state index < -0.39 is 28.8 Å². The molecule has 5 aromatic rings. The van der Waals surface area contributed by atoms with Gasteiger partial charge < -0.3 is 14.9 Å². The minimum atomic E-state index is -4.83. The summed E-state index contributed by atoms with van der Waals surface area (Å²) in [6.45, 7) is 0.0425. The van der Waals surface area contributed by atoms with Crippen LogP contribution in [0.15, 0.2) is 101 Å². The van der Waals surface area contributed by atoms with Gasteiger partial charge in [-0.2, -0.15) is 13.2 Å². The number of hydrogen-bond donors (Lipinski definition) is 3. The Morgan fingerprint density at radius 2 is 1.48 bits per heavy atom. The van der Waals surface area contributed by atoms with Gasteiger partial charge in [-0.15, -0.1) is 0 Å². The van der Waals surface area contributed by atoms with Gasteiger partial charge in [0.15, 0.2) is 0 Å². The summed E-state index contributed by atoms with van der Waals surface area (Å²) in [5, 5.41) is 2.71. The molecule has 0 fully saturated rings. The Morgan fingerprint density at radius 3 is 2.10 bits per heavy atom. The highest BCUT2D eigenvalue weighted by molar-refractivity contribution is 6.00. The van der Waals surface area contributed by atoms with Crippen molar-refractivity contribution in [3.05, 3.63) is 134 Å². The van der Waals surface area contributed by atoms with Gasteiger partial charge in [0, 0.05) is 30.1 Å². The number of halogens is 3. The monoisotopic (exact) mass is 547 g/mol. The predicted molar refractivity (Wildman–Crippen MR) is 141 cm³/mol. The minimum Gasteiger partial charge on any atom is -0.348 e. The maximum atomic E-state index is 14.1. The van der Waals surface area contributed by atoms with E-state index in [1.54, 1.807) is 48.5 Å². The molecule has 0 atom stereocenters. The van der Waals surface area contributed by atoms with E-state index in [1.807, 2.05) is 0 Å². The highest BCUT2D eigenvalue weighted by atomic mass is 19.4. The summed E-state index contributed by atoms with van der Waals surface area (Å²) < 4.78 is 44.2. The molecular formula is C28H20F3N5O4. The number of benzene rings is 3. The number of aromatic amines is 1. The molecule has 12 heteroatoms. The SMILES string of the molecule is O=C(NCc1ccn(-c2cc3c(cc2C(F)(F)F)[nH]c(=O)c(=O)n3NC(=O)c2ccccc2)c1)c1ccccc1. The summed E-state index contributed by atoms with van der Waals surface area (Å²) in [4.78, 5) is 52.2. The highest BCUT2D eigenvalue weighted by Crippen LogP contribution is 2.36. The van der Waals surface area contributed by atoms with Gasteiger partial charge in [0.25, 0.3) is 11.8 Å². The second-order valence-electron chi connectivity index (χ2n) is 8.76. The van der Waals surface area contributed by atoms with Crippen molar-refractivity contribution in [2.75, 3.05) is 5.43 Å². The number of hydrogen-bond acceptors (Lipinski definition) is 4. The largest absolute Gasteiger partial charge is 0.418 e. The molecule has 40 heavy (non-hydrogen) atoms. The number of rotatable bonds is 6. The second-order valence-corrected chi connectivity index (χ2v) is 8.76. The number of nitrogens with one attached hydrogen (secondary N) is 3. The van der Waals surface area contributed by atoms with E-state index in [1.165, 1.54) is 35.2 Å². The molecule has 0 unspecified atom stereocenters. The zero-order valence-corrected chi connectivity index (χ0v) is 20.5. The van der Waals surface area contributed by atoms with E-state index in [0.29, 0.717) is 21.9 Å². The average Bonchev–Trinajstić information content (AvgIpc) is 3.43. The van der Waals surface area contributed by atoms with E-state index in [0.717, 1.165) is 6.07 Å². The first kappa shape index (κ1) is 26.2. The van der Waals surface area contributed by atoms with Crippen molar-refractivity contribution < 1.29 is 22.8 Å². The Bertz CT molecular complexity index is 1840. The summed E-state index contributed by atoms with van der Waals surface area (Å²) in [7, 11) is 0. The van der Waals surface area contributed by atoms with Gasteiger partial charge in [-0.1, -0.05) is 36.4 Å². The number of H-pyrrole nitrogens is 1. The molecule has 9 nitrogen and oxygen atoms in total. The van der Waals surface area contributed by atoms with Crippen LogP contribution in [0.4, 0.5) is 13.2 Å². The van der Waals surface area contributed by atoms with Crippen molar-refractivity contribution in [1.82, 2.24) is 19.5 Å². The molecule has 2 aromatic heterocycles. The lowest BCUT2D eigenvalue weighted by Crippen LogP contribution is -2.42. The summed E-state index contributed by atoms with van der Waals surface area (Å²) in [6, 6.07) is 19.5. The van der Waals surface area contributed by atoms with Crippen molar-refractivity contribution in [2.45, 2.75) is 12.7 Å². The molecule has 0 bridgehead atoms. The van der Waals surface area contributed by atoms with Gasteiger partial charge in [0.05, 0.1) is 22.3 Å². The fourth-order valence-corrected chi connectivity index (χ4v) is 4.13. The fourth-order valence-electron chi connectivity index (χ4n) is 4.13. The van der Waals surface area contributed by atoms with Crippen LogP contribution in [0.3, 0.4) is 0 Å². The first-order chi connectivity index (χ1) is 19.1. The van der Waals surface area contributed by atoms with Crippen molar-refractivity contribution in [3.8, 4) is 5.69 Å². The van der Waals surface area contributed by atoms with Crippen molar-refractivity contribution in [2.24, 2.45) is 0 Å². The summed E-state index contributed by atoms with van der Waals surface area (Å²) in [5.41, 5.74) is -0.903. The van der Waals surface area contributed by atoms with Gasteiger partial charge >= 0.3 is 17.3 Å². The Morgan fingerprint density at radius 1 is 0.850 bits per heavy atom. The Hall–Kier alpha value is -5.39. The normalized spacial score (nSPS) is 11.4. The molecule has 0 aliphatic rings. The zero-order chi connectivity index (χ0) is 28.4. The van der Waals surface area contributed by atoms with Crippen LogP contribution in [-0.4, -0.2) is 26.0 Å². The molecule has 0 aliphatic carbocycles. The number of fused-ring (bicyclic) bond motifs is 1. The molecule has 202 valence electrons. The number of alkyl halides is 3. The standard InChI is InChI=1S/C28H20F3N5O4/c29-28(30,31)20-13-21-23(36(27(40)26(39)33-21)34-25(38)19-9-5-2-6-10-19)14-22(20)35-12-11-17(16-35)15-32-24(37)18-7-3-1-4-8-18/h1-14,16H,15H2,(H,32,37)(H,33,39)(H,34,38). The van der Waals surface area contributed by atoms with Crippen molar-refractivity contribution in [3.63, 3.8) is 0 Å². The van der Waals surface area contributed by atoms with Gasteiger partial charge in [-0.3, -0.25) is 24.6 Å². The van der Waals surface area contributed by atoms with Gasteiger partial charge in [-0.05, 0) is 48.0 Å². The molecule has 3 N–H and O–H groups in total. The molecule has 5 rings (SSSR count). The lowest BCUT2D eigenvalue weighted by molar-refractivity contribution is -0.137. The molecular weight excluding hydrogens is 527 g/mol. The summed E-state index contributed by atoms with van der Waals surface area (Å²) >= 11 is 0. The van der Waals surface area contributed by atoms with E-state index in [2.05, 4.69) is 15.7 Å². The van der Waals surface area contributed by atoms with Crippen LogP contribution in [0.1, 0.15) is 31.8 Å². The van der Waals surface area contributed by atoms with E-state index in [-0.39, 0.29) is 34.7 Å². The highest BCUT2D eigenvalue weighted by Gasteiger charge is 2.35. The van der Waals surface area contributed by atoms with Gasteiger partial charge in [0.1, 0.15) is 0 Å². The first-order valence-corrected chi connectivity index (χ1v) is 11.9. The average molecular weight is 547 g/mol. The van der Waals surface area contributed by atoms with Gasteiger partial charge in [-0.25, -0.2) is 4.68 Å². The Kier molecular flexibility index (Phi) is 6.82. The number of nitrogens with zero attached hydrogens (tertiary/aromatic N) is 2. The molecule has 0 saturated heterocycles. The molecule has 3 aromatic carbocycles. The summed E-state index contributed by atoms with van der Waals surface area (Å²) in [6.07, 6.45) is -2.06. The van der Waals surface area contributed by atoms with E-state index in [9.17, 15) is 32.3 Å². The van der Waals surface area contributed by atoms with Crippen molar-refractivity contribution in [1.29, 1.82) is 0 Å². The molecule has 0 radical (unpaired) electrons. The molecule has 2 amide bonds. The Balaban J connectivity index is 1.55. The van der Waals surface area contributed by atoms with Crippen LogP contribution in [0, 0.1) is 0 Å². The molecule has 2 heterocycles. The van der Waals surface area contributed by atoms with Crippen LogP contribution in [0.5, 0.6) is 0 Å². The van der Waals surface area contributed by atoms with E-state index in [4.69, 9.17) is 0 Å². The molecule has 0 aliphatic heterocycles. The molecule has 0 spiro atoms. The Labute approximate surface area is 223 Å². The zero-order valence-electron chi connectivity index (χ0n) is 20.5. The number of amides is 2. The van der Waals surface area contributed by atoms with Crippen LogP contribution >= 0.6 is 0 Å². The fraction of sp³-hybridized carbons (Fsp3) is 0.0714. The van der Waals surface area contributed by atoms with Gasteiger partial charge in [0.2, 0.25) is 0 Å². The van der Waals surface area contributed by atoms with Crippen LogP contribution in [-0.2, 0) is 12.7 Å². The minimum absolute atomic E-state index is 0.0425. The van der Waals surface area contributed by atoms with Crippen LogP contribution in [0.2, 0.25) is 0 Å². The quantitative estimate of drug-likeness (QED) is 0.280. The first-order valence-electron chi connectivity index (χ1n) is 11.9. The smallest absolute Gasteiger partial charge is 0.348 e. The number of aromatic nitrogens is 3. The second kappa shape index (κ2) is 10.4. The maximum Gasteiger partial charge on any atom is 0.418 e. The van der Waals surface area contributed by atoms with Crippen LogP contribution in [0.25, 0.3) is 16.7 Å². The van der Waals surface area contributed by atoms with Crippen LogP contribution < -0.4 is 21.9 Å². The number of carbonyl (C=O) groups is 2. The third-order valence-corrected chi connectivity index (χ3v) is 6.08. The third-order valence-electron chi connectivity index (χ3n) is 6.08.